The van der Waals surface area contributed by atoms with Crippen LogP contribution in [0.15, 0.2) is 54.9 Å². The normalized spacial score (nSPS) is 10.3. The fourth-order valence-corrected chi connectivity index (χ4v) is 2.77. The van der Waals surface area contributed by atoms with Crippen LogP contribution in [0.4, 0.5) is 17.3 Å². The predicted octanol–water partition coefficient (Wildman–Crippen LogP) is 4.35. The molecule has 2 N–H and O–H groups in total. The maximum atomic E-state index is 12.6. The van der Waals surface area contributed by atoms with E-state index in [2.05, 4.69) is 27.5 Å². The van der Waals surface area contributed by atoms with E-state index in [4.69, 9.17) is 4.74 Å². The lowest BCUT2D eigenvalue weighted by Gasteiger charge is -2.13. The topological polar surface area (TPSA) is 76.1 Å². The highest BCUT2D eigenvalue weighted by Crippen LogP contribution is 2.25. The minimum absolute atomic E-state index is 0.233. The van der Waals surface area contributed by atoms with Crippen molar-refractivity contribution >= 4 is 23.2 Å². The molecule has 1 amide bonds. The molecule has 0 aliphatic heterocycles. The van der Waals surface area contributed by atoms with Gasteiger partial charge < -0.3 is 15.4 Å². The van der Waals surface area contributed by atoms with Gasteiger partial charge in [-0.1, -0.05) is 37.3 Å². The number of nitrogens with one attached hydrogen (secondary N) is 2. The van der Waals surface area contributed by atoms with Crippen molar-refractivity contribution in [2.75, 3.05) is 17.7 Å². The van der Waals surface area contributed by atoms with Crippen LogP contribution in [0.2, 0.25) is 0 Å². The lowest BCUT2D eigenvalue weighted by Crippen LogP contribution is -2.15. The summed E-state index contributed by atoms with van der Waals surface area (Å²) in [5, 5.41) is 6.06. The Morgan fingerprint density at radius 2 is 1.81 bits per heavy atom. The van der Waals surface area contributed by atoms with Crippen LogP contribution in [0, 0.1) is 6.92 Å². The second kappa shape index (κ2) is 8.31. The third-order valence-corrected chi connectivity index (χ3v) is 4.25. The van der Waals surface area contributed by atoms with Crippen molar-refractivity contribution < 1.29 is 9.53 Å². The molecule has 0 unspecified atom stereocenters. The molecule has 0 bridgehead atoms. The van der Waals surface area contributed by atoms with Gasteiger partial charge in [-0.3, -0.25) is 4.79 Å². The summed E-state index contributed by atoms with van der Waals surface area (Å²) in [6.45, 7) is 4.04. The zero-order chi connectivity index (χ0) is 19.2. The molecule has 27 heavy (non-hydrogen) atoms. The zero-order valence-corrected chi connectivity index (χ0v) is 15.6. The minimum Gasteiger partial charge on any atom is -0.495 e. The highest BCUT2D eigenvalue weighted by atomic mass is 16.5. The number of anilines is 3. The van der Waals surface area contributed by atoms with Crippen LogP contribution in [0.5, 0.6) is 5.75 Å². The van der Waals surface area contributed by atoms with E-state index in [0.717, 1.165) is 28.9 Å². The molecule has 0 atom stereocenters. The number of carbonyl (C=O) groups excluding carboxylic acids is 1. The number of rotatable bonds is 6. The molecule has 1 heterocycles. The first kappa shape index (κ1) is 18.4. The lowest BCUT2D eigenvalue weighted by molar-refractivity contribution is 0.102. The van der Waals surface area contributed by atoms with Gasteiger partial charge in [0.1, 0.15) is 5.75 Å². The number of hydrogen-bond donors (Lipinski definition) is 2. The summed E-state index contributed by atoms with van der Waals surface area (Å²) in [5.41, 5.74) is 4.12. The fourth-order valence-electron chi connectivity index (χ4n) is 2.77. The van der Waals surface area contributed by atoms with Crippen LogP contribution in [0.25, 0.3) is 0 Å². The molecular weight excluding hydrogens is 340 g/mol. The predicted molar refractivity (Wildman–Crippen MR) is 107 cm³/mol. The van der Waals surface area contributed by atoms with E-state index in [1.807, 2.05) is 49.4 Å². The van der Waals surface area contributed by atoms with Gasteiger partial charge >= 0.3 is 0 Å². The number of aryl methyl sites for hydroxylation is 2. The number of ether oxygens (including phenoxy) is 1. The number of nitrogens with zero attached hydrogens (tertiary/aromatic N) is 2. The van der Waals surface area contributed by atoms with E-state index in [9.17, 15) is 4.79 Å². The summed E-state index contributed by atoms with van der Waals surface area (Å²) in [6, 6.07) is 13.5. The quantitative estimate of drug-likeness (QED) is 0.682. The van der Waals surface area contributed by atoms with Gasteiger partial charge in [0.25, 0.3) is 5.91 Å². The molecule has 0 aliphatic carbocycles. The summed E-state index contributed by atoms with van der Waals surface area (Å²) in [4.78, 5) is 21.0. The van der Waals surface area contributed by atoms with Gasteiger partial charge in [0.15, 0.2) is 0 Å². The third kappa shape index (κ3) is 4.23. The summed E-state index contributed by atoms with van der Waals surface area (Å²) in [6.07, 6.45) is 3.85. The van der Waals surface area contributed by atoms with E-state index < -0.39 is 0 Å². The Labute approximate surface area is 158 Å². The number of benzene rings is 2. The van der Waals surface area contributed by atoms with Gasteiger partial charge in [-0.2, -0.15) is 0 Å². The number of amides is 1. The van der Waals surface area contributed by atoms with Crippen LogP contribution in [-0.4, -0.2) is 23.0 Å². The summed E-state index contributed by atoms with van der Waals surface area (Å²) in [5.74, 6) is 0.846. The van der Waals surface area contributed by atoms with E-state index in [-0.39, 0.29) is 5.91 Å². The first-order chi connectivity index (χ1) is 13.1. The average Bonchev–Trinajstić information content (AvgIpc) is 2.70. The maximum absolute atomic E-state index is 12.6. The highest BCUT2D eigenvalue weighted by Gasteiger charge is 2.12. The number of aromatic nitrogens is 2. The van der Waals surface area contributed by atoms with E-state index in [0.29, 0.717) is 17.3 Å². The lowest BCUT2D eigenvalue weighted by atomic mass is 10.1. The SMILES string of the molecule is CCc1cccc(C)c1NC(=O)c1cnc(Nc2ccccc2OC)nc1. The van der Waals surface area contributed by atoms with Gasteiger partial charge in [-0.25, -0.2) is 9.97 Å². The monoisotopic (exact) mass is 362 g/mol. The largest absolute Gasteiger partial charge is 0.495 e. The van der Waals surface area contributed by atoms with Gasteiger partial charge in [0, 0.05) is 18.1 Å². The summed E-state index contributed by atoms with van der Waals surface area (Å²) < 4.78 is 5.30. The Morgan fingerprint density at radius 3 is 2.52 bits per heavy atom. The van der Waals surface area contributed by atoms with Crippen molar-refractivity contribution in [2.45, 2.75) is 20.3 Å². The van der Waals surface area contributed by atoms with Crippen molar-refractivity contribution in [3.8, 4) is 5.75 Å². The smallest absolute Gasteiger partial charge is 0.258 e. The molecule has 6 nitrogen and oxygen atoms in total. The highest BCUT2D eigenvalue weighted by molar-refractivity contribution is 6.04. The molecule has 3 rings (SSSR count). The van der Waals surface area contributed by atoms with Crippen molar-refractivity contribution in [3.63, 3.8) is 0 Å². The van der Waals surface area contributed by atoms with E-state index in [1.54, 1.807) is 7.11 Å². The van der Waals surface area contributed by atoms with Gasteiger partial charge in [0.2, 0.25) is 5.95 Å². The molecular formula is C21H22N4O2. The summed E-state index contributed by atoms with van der Waals surface area (Å²) in [7, 11) is 1.60. The van der Waals surface area contributed by atoms with Crippen LogP contribution in [0.1, 0.15) is 28.4 Å². The molecule has 138 valence electrons. The molecule has 0 radical (unpaired) electrons. The van der Waals surface area contributed by atoms with Gasteiger partial charge in [-0.05, 0) is 36.6 Å². The standard InChI is InChI=1S/C21H22N4O2/c1-4-15-9-7-8-14(2)19(15)25-20(26)16-12-22-21(23-13-16)24-17-10-5-6-11-18(17)27-3/h5-13H,4H2,1-3H3,(H,25,26)(H,22,23,24). The minimum atomic E-state index is -0.233. The van der Waals surface area contributed by atoms with E-state index in [1.165, 1.54) is 12.4 Å². The molecule has 1 aromatic heterocycles. The van der Waals surface area contributed by atoms with Gasteiger partial charge in [-0.15, -0.1) is 0 Å². The molecule has 2 aromatic carbocycles. The van der Waals surface area contributed by atoms with Crippen molar-refractivity contribution in [3.05, 3.63) is 71.5 Å². The van der Waals surface area contributed by atoms with Crippen molar-refractivity contribution in [1.29, 1.82) is 0 Å². The van der Waals surface area contributed by atoms with Crippen molar-refractivity contribution in [1.82, 2.24) is 9.97 Å². The van der Waals surface area contributed by atoms with Crippen LogP contribution < -0.4 is 15.4 Å². The Balaban J connectivity index is 1.75. The number of para-hydroxylation sites is 3. The summed E-state index contributed by atoms with van der Waals surface area (Å²) >= 11 is 0. The number of carbonyl (C=O) groups is 1. The van der Waals surface area contributed by atoms with Crippen LogP contribution in [-0.2, 0) is 6.42 Å². The first-order valence-electron chi connectivity index (χ1n) is 8.74. The van der Waals surface area contributed by atoms with Gasteiger partial charge in [0.05, 0.1) is 18.4 Å². The molecule has 0 spiro atoms. The second-order valence-electron chi connectivity index (χ2n) is 6.04. The number of methoxy groups -OCH3 is 1. The third-order valence-electron chi connectivity index (χ3n) is 4.25. The second-order valence-corrected chi connectivity index (χ2v) is 6.04. The Kier molecular flexibility index (Phi) is 5.66. The molecule has 6 heteroatoms. The molecule has 0 aliphatic rings. The fraction of sp³-hybridized carbons (Fsp3) is 0.190. The Hall–Kier alpha value is -3.41. The number of hydrogen-bond acceptors (Lipinski definition) is 5. The maximum Gasteiger partial charge on any atom is 0.258 e. The Morgan fingerprint density at radius 1 is 1.07 bits per heavy atom. The van der Waals surface area contributed by atoms with E-state index >= 15 is 0 Å². The molecule has 0 fully saturated rings. The van der Waals surface area contributed by atoms with Crippen LogP contribution in [0.3, 0.4) is 0 Å². The van der Waals surface area contributed by atoms with Crippen molar-refractivity contribution in [2.24, 2.45) is 0 Å². The Bertz CT molecular complexity index is 939. The molecule has 0 saturated carbocycles. The first-order valence-corrected chi connectivity index (χ1v) is 8.74. The zero-order valence-electron chi connectivity index (χ0n) is 15.6. The van der Waals surface area contributed by atoms with Crippen LogP contribution >= 0.6 is 0 Å². The molecule has 0 saturated heterocycles. The molecule has 3 aromatic rings. The average molecular weight is 362 g/mol.